The largest absolute Gasteiger partial charge is 0.416 e. The van der Waals surface area contributed by atoms with Gasteiger partial charge in [0.1, 0.15) is 23.5 Å². The number of nitriles is 2. The molecule has 0 saturated carbocycles. The van der Waals surface area contributed by atoms with E-state index >= 15 is 0 Å². The van der Waals surface area contributed by atoms with E-state index in [1.165, 1.54) is 12.1 Å². The summed E-state index contributed by atoms with van der Waals surface area (Å²) in [5.41, 5.74) is 6.32. The lowest BCUT2D eigenvalue weighted by atomic mass is 9.92. The number of hydrogen-bond donors (Lipinski definition) is 2. The van der Waals surface area contributed by atoms with Gasteiger partial charge in [0, 0.05) is 22.7 Å². The average Bonchev–Trinajstić information content (AvgIpc) is 2.77. The van der Waals surface area contributed by atoms with Crippen LogP contribution in [0.4, 0.5) is 19.0 Å². The molecule has 0 unspecified atom stereocenters. The summed E-state index contributed by atoms with van der Waals surface area (Å²) in [4.78, 5) is 16.4. The smallest absolute Gasteiger partial charge is 0.383 e. The van der Waals surface area contributed by atoms with Gasteiger partial charge in [-0.15, -0.1) is 0 Å². The molecule has 166 valence electrons. The summed E-state index contributed by atoms with van der Waals surface area (Å²) < 4.78 is 38.9. The van der Waals surface area contributed by atoms with Gasteiger partial charge in [0.2, 0.25) is 0 Å². The summed E-state index contributed by atoms with van der Waals surface area (Å²) in [6.07, 6.45) is -4.53. The highest BCUT2D eigenvalue weighted by molar-refractivity contribution is 5.95. The molecule has 0 aliphatic carbocycles. The number of amides is 1. The van der Waals surface area contributed by atoms with Gasteiger partial charge in [0.15, 0.2) is 0 Å². The third kappa shape index (κ3) is 4.78. The number of alkyl halides is 3. The fourth-order valence-electron chi connectivity index (χ4n) is 3.27. The highest BCUT2D eigenvalue weighted by atomic mass is 19.4. The molecule has 3 N–H and O–H groups in total. The Labute approximate surface area is 188 Å². The lowest BCUT2D eigenvalue weighted by molar-refractivity contribution is -0.137. The van der Waals surface area contributed by atoms with E-state index in [1.54, 1.807) is 24.3 Å². The van der Waals surface area contributed by atoms with Crippen molar-refractivity contribution >= 4 is 11.7 Å². The number of benzene rings is 2. The molecule has 0 bridgehead atoms. The molecule has 0 radical (unpaired) electrons. The zero-order chi connectivity index (χ0) is 24.3. The van der Waals surface area contributed by atoms with Gasteiger partial charge in [0.05, 0.1) is 16.8 Å². The molecule has 1 aromatic heterocycles. The van der Waals surface area contributed by atoms with Crippen LogP contribution >= 0.6 is 0 Å². The number of rotatable bonds is 4. The Morgan fingerprint density at radius 3 is 2.00 bits per heavy atom. The standard InChI is InChI=1S/C24H18F3N5O/c1-13(2)31-23(33)16-5-3-15(4-6-16)21-18(11-28)20(19(12-29)22(30)32-21)14-7-9-17(10-8-14)24(25,26)27/h3-10,13H,1-2H3,(H2,30,32)(H,31,33). The maximum atomic E-state index is 13.0. The topological polar surface area (TPSA) is 116 Å². The molecule has 0 aliphatic heterocycles. The molecule has 1 heterocycles. The first kappa shape index (κ1) is 23.3. The lowest BCUT2D eigenvalue weighted by Crippen LogP contribution is -2.29. The second-order valence-corrected chi connectivity index (χ2v) is 7.47. The van der Waals surface area contributed by atoms with E-state index in [9.17, 15) is 28.5 Å². The lowest BCUT2D eigenvalue weighted by Gasteiger charge is -2.15. The first-order valence-electron chi connectivity index (χ1n) is 9.79. The van der Waals surface area contributed by atoms with Crippen LogP contribution in [0.1, 0.15) is 40.9 Å². The van der Waals surface area contributed by atoms with Crippen LogP contribution in [-0.4, -0.2) is 16.9 Å². The highest BCUT2D eigenvalue weighted by Gasteiger charge is 2.30. The van der Waals surface area contributed by atoms with Gasteiger partial charge in [-0.25, -0.2) is 4.98 Å². The van der Waals surface area contributed by atoms with Crippen LogP contribution in [0, 0.1) is 22.7 Å². The number of pyridine rings is 1. The second kappa shape index (κ2) is 9.01. The molecule has 0 aliphatic rings. The second-order valence-electron chi connectivity index (χ2n) is 7.47. The molecule has 3 aromatic rings. The monoisotopic (exact) mass is 449 g/mol. The summed E-state index contributed by atoms with van der Waals surface area (Å²) in [6.45, 7) is 3.66. The van der Waals surface area contributed by atoms with E-state index in [0.29, 0.717) is 11.1 Å². The molecule has 6 nitrogen and oxygen atoms in total. The van der Waals surface area contributed by atoms with Crippen molar-refractivity contribution < 1.29 is 18.0 Å². The third-order valence-electron chi connectivity index (χ3n) is 4.79. The SMILES string of the molecule is CC(C)NC(=O)c1ccc(-c2nc(N)c(C#N)c(-c3ccc(C(F)(F)F)cc3)c2C#N)cc1. The van der Waals surface area contributed by atoms with Crippen molar-refractivity contribution in [3.8, 4) is 34.5 Å². The van der Waals surface area contributed by atoms with E-state index in [0.717, 1.165) is 12.1 Å². The number of hydrogen-bond acceptors (Lipinski definition) is 5. The van der Waals surface area contributed by atoms with Crippen molar-refractivity contribution in [3.63, 3.8) is 0 Å². The Morgan fingerprint density at radius 2 is 1.52 bits per heavy atom. The number of carbonyl (C=O) groups is 1. The minimum Gasteiger partial charge on any atom is -0.383 e. The molecule has 0 saturated heterocycles. The number of carbonyl (C=O) groups excluding carboxylic acids is 1. The predicted molar refractivity (Wildman–Crippen MR) is 117 cm³/mol. The zero-order valence-corrected chi connectivity index (χ0v) is 17.7. The van der Waals surface area contributed by atoms with Crippen LogP contribution in [0.2, 0.25) is 0 Å². The first-order valence-corrected chi connectivity index (χ1v) is 9.79. The molecule has 0 fully saturated rings. The van der Waals surface area contributed by atoms with Gasteiger partial charge in [-0.1, -0.05) is 24.3 Å². The number of nitrogens with two attached hydrogens (primary N) is 1. The molecule has 0 atom stereocenters. The minimum atomic E-state index is -4.53. The number of nitrogens with one attached hydrogen (secondary N) is 1. The van der Waals surface area contributed by atoms with Crippen LogP contribution in [0.25, 0.3) is 22.4 Å². The van der Waals surface area contributed by atoms with Gasteiger partial charge in [-0.2, -0.15) is 23.7 Å². The summed E-state index contributed by atoms with van der Waals surface area (Å²) in [6, 6.07) is 14.2. The number of aromatic nitrogens is 1. The van der Waals surface area contributed by atoms with Crippen LogP contribution in [0.3, 0.4) is 0 Å². The Balaban J connectivity index is 2.16. The quantitative estimate of drug-likeness (QED) is 0.588. The van der Waals surface area contributed by atoms with Crippen molar-refractivity contribution in [2.75, 3.05) is 5.73 Å². The number of nitrogens with zero attached hydrogens (tertiary/aromatic N) is 3. The highest BCUT2D eigenvalue weighted by Crippen LogP contribution is 2.37. The Hall–Kier alpha value is -4.37. The molecule has 2 aromatic carbocycles. The molecule has 3 rings (SSSR count). The first-order chi connectivity index (χ1) is 15.6. The van der Waals surface area contributed by atoms with Gasteiger partial charge < -0.3 is 11.1 Å². The van der Waals surface area contributed by atoms with Crippen LogP contribution in [-0.2, 0) is 6.18 Å². The maximum absolute atomic E-state index is 13.0. The summed E-state index contributed by atoms with van der Waals surface area (Å²) in [5.74, 6) is -0.433. The van der Waals surface area contributed by atoms with Gasteiger partial charge >= 0.3 is 6.18 Å². The molecule has 33 heavy (non-hydrogen) atoms. The summed E-state index contributed by atoms with van der Waals surface area (Å²) in [5, 5.41) is 22.2. The number of anilines is 1. The number of nitrogen functional groups attached to an aromatic ring is 1. The summed E-state index contributed by atoms with van der Waals surface area (Å²) in [7, 11) is 0. The fraction of sp³-hybridized carbons (Fsp3) is 0.167. The summed E-state index contributed by atoms with van der Waals surface area (Å²) >= 11 is 0. The molecular formula is C24H18F3N5O. The Kier molecular flexibility index (Phi) is 6.36. The van der Waals surface area contributed by atoms with Crippen LogP contribution < -0.4 is 11.1 Å². The normalized spacial score (nSPS) is 11.0. The van der Waals surface area contributed by atoms with Crippen molar-refractivity contribution in [3.05, 3.63) is 70.8 Å². The fourth-order valence-corrected chi connectivity index (χ4v) is 3.27. The average molecular weight is 449 g/mol. The van der Waals surface area contributed by atoms with Crippen LogP contribution in [0.15, 0.2) is 48.5 Å². The van der Waals surface area contributed by atoms with Crippen molar-refractivity contribution in [2.24, 2.45) is 0 Å². The van der Waals surface area contributed by atoms with Gasteiger partial charge in [0.25, 0.3) is 5.91 Å². The van der Waals surface area contributed by atoms with E-state index in [4.69, 9.17) is 5.73 Å². The van der Waals surface area contributed by atoms with Gasteiger partial charge in [-0.05, 0) is 43.7 Å². The molecule has 1 amide bonds. The molecule has 0 spiro atoms. The van der Waals surface area contributed by atoms with Crippen molar-refractivity contribution in [1.29, 1.82) is 10.5 Å². The molecular weight excluding hydrogens is 431 g/mol. The van der Waals surface area contributed by atoms with E-state index < -0.39 is 11.7 Å². The number of halogens is 3. The van der Waals surface area contributed by atoms with E-state index in [1.807, 2.05) is 26.0 Å². The molecule has 9 heteroatoms. The van der Waals surface area contributed by atoms with Gasteiger partial charge in [-0.3, -0.25) is 4.79 Å². The van der Waals surface area contributed by atoms with Crippen LogP contribution in [0.5, 0.6) is 0 Å². The Bertz CT molecular complexity index is 1280. The predicted octanol–water partition coefficient (Wildman–Crippen LogP) is 4.90. The van der Waals surface area contributed by atoms with E-state index in [2.05, 4.69) is 10.3 Å². The maximum Gasteiger partial charge on any atom is 0.416 e. The Morgan fingerprint density at radius 1 is 0.970 bits per heavy atom. The zero-order valence-electron chi connectivity index (χ0n) is 17.7. The third-order valence-corrected chi connectivity index (χ3v) is 4.79. The van der Waals surface area contributed by atoms with Crippen molar-refractivity contribution in [1.82, 2.24) is 10.3 Å². The minimum absolute atomic E-state index is 0.0140. The van der Waals surface area contributed by atoms with E-state index in [-0.39, 0.29) is 45.7 Å². The van der Waals surface area contributed by atoms with Crippen molar-refractivity contribution in [2.45, 2.75) is 26.1 Å².